The van der Waals surface area contributed by atoms with E-state index in [4.69, 9.17) is 9.47 Å². The van der Waals surface area contributed by atoms with Crippen LogP contribution in [0.2, 0.25) is 0 Å². The Bertz CT molecular complexity index is 1440. The third-order valence-electron chi connectivity index (χ3n) is 5.52. The van der Waals surface area contributed by atoms with Crippen molar-refractivity contribution in [3.8, 4) is 17.1 Å². The Morgan fingerprint density at radius 2 is 1.85 bits per heavy atom. The molecule has 41 heavy (non-hydrogen) atoms. The first-order chi connectivity index (χ1) is 19.4. The summed E-state index contributed by atoms with van der Waals surface area (Å²) in [5.74, 6) is -0.288. The number of amides is 3. The summed E-state index contributed by atoms with van der Waals surface area (Å²) in [6, 6.07) is 2.96. The zero-order valence-corrected chi connectivity index (χ0v) is 22.8. The second-order valence-corrected chi connectivity index (χ2v) is 9.04. The number of aromatic nitrogens is 3. The summed E-state index contributed by atoms with van der Waals surface area (Å²) in [5, 5.41) is 7.36. The lowest BCUT2D eigenvalue weighted by atomic mass is 10.1. The molecular weight excluding hydrogens is 547 g/mol. The number of hydrogen-bond acceptors (Lipinski definition) is 8. The van der Waals surface area contributed by atoms with Gasteiger partial charge in [0.1, 0.15) is 12.4 Å². The van der Waals surface area contributed by atoms with Crippen molar-refractivity contribution in [1.29, 1.82) is 0 Å². The molecule has 0 aliphatic heterocycles. The number of urea groups is 1. The highest BCUT2D eigenvalue weighted by Gasteiger charge is 2.32. The molecule has 0 unspecified atom stereocenters. The molecule has 4 N–H and O–H groups in total. The molecule has 0 aliphatic rings. The molecule has 0 aliphatic carbocycles. The minimum Gasteiger partial charge on any atom is -0.490 e. The molecule has 0 saturated carbocycles. The molecule has 0 spiro atoms. The number of ether oxygens (including phenoxy) is 2. The molecule has 3 rings (SSSR count). The number of benzene rings is 1. The first-order valence-corrected chi connectivity index (χ1v) is 12.3. The highest BCUT2D eigenvalue weighted by Crippen LogP contribution is 2.32. The summed E-state index contributed by atoms with van der Waals surface area (Å²) >= 11 is 0. The molecule has 3 aromatic rings. The Kier molecular flexibility index (Phi) is 10.4. The fourth-order valence-electron chi connectivity index (χ4n) is 3.48. The number of aryl methyl sites for hydroxylation is 1. The molecule has 0 saturated heterocycles. The van der Waals surface area contributed by atoms with Gasteiger partial charge in [-0.15, -0.1) is 0 Å². The van der Waals surface area contributed by atoms with E-state index < -0.39 is 29.2 Å². The largest absolute Gasteiger partial charge is 0.490 e. The van der Waals surface area contributed by atoms with Crippen molar-refractivity contribution < 1.29 is 32.2 Å². The van der Waals surface area contributed by atoms with E-state index in [2.05, 4.69) is 30.9 Å². The zero-order valence-electron chi connectivity index (χ0n) is 22.8. The van der Waals surface area contributed by atoms with E-state index in [9.17, 15) is 27.6 Å². The van der Waals surface area contributed by atoms with Crippen LogP contribution >= 0.6 is 0 Å². The fourth-order valence-corrected chi connectivity index (χ4v) is 3.48. The molecule has 12 nitrogen and oxygen atoms in total. The first kappa shape index (κ1) is 31.0. The van der Waals surface area contributed by atoms with E-state index in [1.807, 2.05) is 0 Å². The Morgan fingerprint density at radius 1 is 1.10 bits per heavy atom. The average Bonchev–Trinajstić information content (AvgIpc) is 2.89. The maximum Gasteiger partial charge on any atom is 0.416 e. The van der Waals surface area contributed by atoms with Crippen LogP contribution in [0.3, 0.4) is 0 Å². The first-order valence-electron chi connectivity index (χ1n) is 12.3. The van der Waals surface area contributed by atoms with Crippen molar-refractivity contribution in [2.75, 3.05) is 58.1 Å². The van der Waals surface area contributed by atoms with Crippen LogP contribution in [-0.4, -0.2) is 79.3 Å². The van der Waals surface area contributed by atoms with Crippen molar-refractivity contribution in [2.45, 2.75) is 13.1 Å². The van der Waals surface area contributed by atoms with Crippen molar-refractivity contribution in [3.05, 3.63) is 63.8 Å². The maximum absolute atomic E-state index is 13.5. The molecule has 1 aromatic carbocycles. The average molecular weight is 578 g/mol. The topological polar surface area (TPSA) is 151 Å². The van der Waals surface area contributed by atoms with Crippen LogP contribution in [0, 0.1) is 6.92 Å². The number of halogens is 3. The Morgan fingerprint density at radius 3 is 2.51 bits per heavy atom. The summed E-state index contributed by atoms with van der Waals surface area (Å²) in [7, 11) is 5.08. The minimum atomic E-state index is -4.75. The predicted molar refractivity (Wildman–Crippen MR) is 145 cm³/mol. The van der Waals surface area contributed by atoms with E-state index in [1.165, 1.54) is 25.6 Å². The maximum atomic E-state index is 13.5. The van der Waals surface area contributed by atoms with Gasteiger partial charge in [-0.2, -0.15) is 13.2 Å². The van der Waals surface area contributed by atoms with E-state index in [0.717, 1.165) is 18.2 Å². The van der Waals surface area contributed by atoms with Crippen LogP contribution in [-0.2, 0) is 10.9 Å². The van der Waals surface area contributed by atoms with Gasteiger partial charge in [0.25, 0.3) is 11.5 Å². The van der Waals surface area contributed by atoms with Gasteiger partial charge in [-0.1, -0.05) is 0 Å². The highest BCUT2D eigenvalue weighted by atomic mass is 19.4. The van der Waals surface area contributed by atoms with Gasteiger partial charge in [0.2, 0.25) is 0 Å². The Hall–Kier alpha value is -4.50. The van der Waals surface area contributed by atoms with Crippen LogP contribution in [0.5, 0.6) is 5.75 Å². The molecule has 0 bridgehead atoms. The van der Waals surface area contributed by atoms with Crippen LogP contribution in [0.4, 0.5) is 29.3 Å². The quantitative estimate of drug-likeness (QED) is 0.254. The number of carbonyl (C=O) groups is 2. The highest BCUT2D eigenvalue weighted by molar-refractivity contribution is 6.01. The van der Waals surface area contributed by atoms with Gasteiger partial charge in [-0.25, -0.2) is 14.8 Å². The monoisotopic (exact) mass is 577 g/mol. The van der Waals surface area contributed by atoms with Crippen LogP contribution in [0.15, 0.2) is 41.5 Å². The second-order valence-electron chi connectivity index (χ2n) is 9.04. The van der Waals surface area contributed by atoms with E-state index in [0.29, 0.717) is 24.4 Å². The van der Waals surface area contributed by atoms with Crippen molar-refractivity contribution in [2.24, 2.45) is 0 Å². The molecule has 0 radical (unpaired) electrons. The molecular formula is C26H30F3N7O5. The molecule has 0 atom stereocenters. The normalized spacial score (nSPS) is 11.3. The van der Waals surface area contributed by atoms with E-state index in [1.54, 1.807) is 25.9 Å². The van der Waals surface area contributed by atoms with Crippen LogP contribution in [0.1, 0.15) is 21.6 Å². The number of pyridine rings is 1. The van der Waals surface area contributed by atoms with Gasteiger partial charge < -0.3 is 35.3 Å². The van der Waals surface area contributed by atoms with Crippen LogP contribution < -0.4 is 26.2 Å². The van der Waals surface area contributed by atoms with Crippen LogP contribution in [0.25, 0.3) is 11.4 Å². The number of H-pyrrole nitrogens is 1. The van der Waals surface area contributed by atoms with Gasteiger partial charge in [0.15, 0.2) is 5.82 Å². The molecule has 0 fully saturated rings. The number of alkyl halides is 3. The lowest BCUT2D eigenvalue weighted by Crippen LogP contribution is -2.31. The van der Waals surface area contributed by atoms with Gasteiger partial charge in [-0.3, -0.25) is 9.59 Å². The summed E-state index contributed by atoms with van der Waals surface area (Å²) < 4.78 is 51.1. The van der Waals surface area contributed by atoms with E-state index in [-0.39, 0.29) is 41.7 Å². The summed E-state index contributed by atoms with van der Waals surface area (Å²) in [6.07, 6.45) is -2.06. The van der Waals surface area contributed by atoms with Gasteiger partial charge in [0, 0.05) is 43.7 Å². The molecule has 2 aromatic heterocycles. The third kappa shape index (κ3) is 9.01. The summed E-state index contributed by atoms with van der Waals surface area (Å²) in [6.45, 7) is 2.76. The fraction of sp³-hybridized carbons (Fsp3) is 0.346. The Balaban J connectivity index is 1.78. The summed E-state index contributed by atoms with van der Waals surface area (Å²) in [4.78, 5) is 49.8. The third-order valence-corrected chi connectivity index (χ3v) is 5.52. The minimum absolute atomic E-state index is 0.172. The number of carbonyl (C=O) groups excluding carboxylic acids is 2. The molecule has 15 heteroatoms. The number of nitrogens with one attached hydrogen (secondary N) is 4. The lowest BCUT2D eigenvalue weighted by molar-refractivity contribution is -0.137. The second kappa shape index (κ2) is 13.7. The summed E-state index contributed by atoms with van der Waals surface area (Å²) in [5.41, 5.74) is -1.10. The number of anilines is 2. The number of likely N-dealkylation sites (N-methyl/N-ethyl adjacent to an activating group) is 1. The SMILES string of the molecule is COCCOc1cc(=O)[nH]cc1-c1ncc(NC(=O)Nc2cc(C(=O)NCCN(C)C)cc(C(F)(F)F)c2)c(C)n1. The van der Waals surface area contributed by atoms with Gasteiger partial charge in [0.05, 0.1) is 35.3 Å². The molecule has 2 heterocycles. The zero-order chi connectivity index (χ0) is 30.2. The van der Waals surface area contributed by atoms with Gasteiger partial charge in [-0.05, 0) is 39.2 Å². The number of hydrogen-bond donors (Lipinski definition) is 4. The lowest BCUT2D eigenvalue weighted by Gasteiger charge is -2.15. The van der Waals surface area contributed by atoms with Gasteiger partial charge >= 0.3 is 12.2 Å². The standard InChI is InChI=1S/C26H30F3N7O5/c1-15-20(14-32-23(33-15)19-13-31-22(37)12-21(19)41-8-7-40-4)35-25(39)34-18-10-16(9-17(11-18)26(27,28)29)24(38)30-5-6-36(2)3/h9-14H,5-8H2,1-4H3,(H,30,38)(H,31,37)(H2,34,35,39). The van der Waals surface area contributed by atoms with E-state index >= 15 is 0 Å². The molecule has 3 amide bonds. The van der Waals surface area contributed by atoms with Crippen molar-refractivity contribution in [1.82, 2.24) is 25.2 Å². The number of aromatic amines is 1. The predicted octanol–water partition coefficient (Wildman–Crippen LogP) is 3.12. The molecule has 220 valence electrons. The number of nitrogens with zero attached hydrogens (tertiary/aromatic N) is 3. The van der Waals surface area contributed by atoms with Crippen molar-refractivity contribution >= 4 is 23.3 Å². The van der Waals surface area contributed by atoms with Crippen molar-refractivity contribution in [3.63, 3.8) is 0 Å². The number of methoxy groups -OCH3 is 1. The number of rotatable bonds is 11. The smallest absolute Gasteiger partial charge is 0.416 e. The Labute approximate surface area is 233 Å².